The highest BCUT2D eigenvalue weighted by Gasteiger charge is 2.51. The first-order valence-electron chi connectivity index (χ1n) is 9.85. The minimum absolute atomic E-state index is 0.243. The van der Waals surface area contributed by atoms with E-state index in [9.17, 15) is 0 Å². The molecule has 0 N–H and O–H groups in total. The third-order valence-electron chi connectivity index (χ3n) is 6.27. The van der Waals surface area contributed by atoms with Crippen LogP contribution in [0.15, 0.2) is 53.5 Å². The number of aliphatic imine (C=N–C) groups is 1. The zero-order valence-electron chi connectivity index (χ0n) is 17.0. The Morgan fingerprint density at radius 1 is 0.926 bits per heavy atom. The Morgan fingerprint density at radius 2 is 1.56 bits per heavy atom. The molecule has 2 heterocycles. The molecule has 1 unspecified atom stereocenters. The lowest BCUT2D eigenvalue weighted by Crippen LogP contribution is -2.41. The van der Waals surface area contributed by atoms with Gasteiger partial charge in [0.05, 0.1) is 17.2 Å². The molecule has 0 spiro atoms. The maximum atomic E-state index is 6.15. The Labute approximate surface area is 163 Å². The van der Waals surface area contributed by atoms with Gasteiger partial charge in [-0.15, -0.1) is 0 Å². The minimum Gasteiger partial charge on any atom is -0.399 e. The number of hydrogen-bond acceptors (Lipinski definition) is 3. The van der Waals surface area contributed by atoms with Gasteiger partial charge in [-0.2, -0.15) is 0 Å². The van der Waals surface area contributed by atoms with Gasteiger partial charge < -0.3 is 9.31 Å². The zero-order chi connectivity index (χ0) is 19.2. The second kappa shape index (κ2) is 6.61. The molecule has 0 radical (unpaired) electrons. The van der Waals surface area contributed by atoms with Crippen molar-refractivity contribution in [1.82, 2.24) is 0 Å². The van der Waals surface area contributed by atoms with Crippen molar-refractivity contribution in [2.24, 2.45) is 4.99 Å². The van der Waals surface area contributed by atoms with Crippen molar-refractivity contribution in [3.8, 4) is 0 Å². The smallest absolute Gasteiger partial charge is 0.399 e. The summed E-state index contributed by atoms with van der Waals surface area (Å²) in [7, 11) is -0.307. The third-order valence-corrected chi connectivity index (χ3v) is 6.27. The molecule has 27 heavy (non-hydrogen) atoms. The molecule has 0 amide bonds. The summed E-state index contributed by atoms with van der Waals surface area (Å²) in [6.07, 6.45) is 2.11. The van der Waals surface area contributed by atoms with Gasteiger partial charge in [0, 0.05) is 5.71 Å². The Kier molecular flexibility index (Phi) is 4.52. The van der Waals surface area contributed by atoms with Crippen LogP contribution in [-0.4, -0.2) is 24.0 Å². The van der Waals surface area contributed by atoms with E-state index in [0.717, 1.165) is 18.3 Å². The molecule has 2 aliphatic heterocycles. The van der Waals surface area contributed by atoms with Crippen molar-refractivity contribution < 1.29 is 9.31 Å². The van der Waals surface area contributed by atoms with Crippen LogP contribution in [-0.2, 0) is 9.31 Å². The summed E-state index contributed by atoms with van der Waals surface area (Å²) < 4.78 is 12.3. The van der Waals surface area contributed by atoms with Crippen LogP contribution < -0.4 is 5.46 Å². The molecule has 0 saturated carbocycles. The molecule has 0 aromatic heterocycles. The maximum Gasteiger partial charge on any atom is 0.494 e. The lowest BCUT2D eigenvalue weighted by atomic mass is 9.78. The lowest BCUT2D eigenvalue weighted by molar-refractivity contribution is 0.00578. The monoisotopic (exact) mass is 361 g/mol. The van der Waals surface area contributed by atoms with Crippen molar-refractivity contribution in [3.05, 3.63) is 65.2 Å². The van der Waals surface area contributed by atoms with Gasteiger partial charge in [-0.3, -0.25) is 4.99 Å². The first-order chi connectivity index (χ1) is 12.8. The van der Waals surface area contributed by atoms with Crippen LogP contribution >= 0.6 is 0 Å². The van der Waals surface area contributed by atoms with Crippen LogP contribution in [0.4, 0.5) is 0 Å². The predicted octanol–water partition coefficient (Wildman–Crippen LogP) is 4.62. The molecule has 4 rings (SSSR count). The van der Waals surface area contributed by atoms with Gasteiger partial charge in [-0.1, -0.05) is 48.5 Å². The second-order valence-electron chi connectivity index (χ2n) is 8.70. The molecule has 140 valence electrons. The van der Waals surface area contributed by atoms with Gasteiger partial charge in [-0.05, 0) is 69.6 Å². The van der Waals surface area contributed by atoms with Gasteiger partial charge in [0.25, 0.3) is 0 Å². The Balaban J connectivity index is 1.52. The van der Waals surface area contributed by atoms with Crippen molar-refractivity contribution in [1.29, 1.82) is 0 Å². The molecule has 2 aromatic carbocycles. The van der Waals surface area contributed by atoms with Crippen LogP contribution in [0.1, 0.15) is 63.3 Å². The van der Waals surface area contributed by atoms with Crippen LogP contribution in [0.2, 0.25) is 0 Å². The van der Waals surface area contributed by atoms with Crippen LogP contribution in [0.25, 0.3) is 0 Å². The normalized spacial score (nSPS) is 23.5. The zero-order valence-corrected chi connectivity index (χ0v) is 17.0. The van der Waals surface area contributed by atoms with Gasteiger partial charge in [-0.25, -0.2) is 0 Å². The van der Waals surface area contributed by atoms with E-state index in [-0.39, 0.29) is 24.4 Å². The minimum atomic E-state index is -0.311. The number of aryl methyl sites for hydroxylation is 1. The molecule has 1 fully saturated rings. The summed E-state index contributed by atoms with van der Waals surface area (Å²) >= 11 is 0. The summed E-state index contributed by atoms with van der Waals surface area (Å²) in [6.45, 7) is 10.5. The molecule has 2 aromatic rings. The topological polar surface area (TPSA) is 30.8 Å². The average molecular weight is 361 g/mol. The molecule has 2 aliphatic rings. The van der Waals surface area contributed by atoms with Gasteiger partial charge in [0.15, 0.2) is 0 Å². The molecule has 0 aliphatic carbocycles. The van der Waals surface area contributed by atoms with Crippen molar-refractivity contribution in [2.75, 3.05) is 0 Å². The maximum absolute atomic E-state index is 6.15. The Morgan fingerprint density at radius 3 is 2.19 bits per heavy atom. The highest BCUT2D eigenvalue weighted by Crippen LogP contribution is 2.37. The molecule has 3 nitrogen and oxygen atoms in total. The average Bonchev–Trinajstić information content (AvgIpc) is 3.18. The Hall–Kier alpha value is -1.91. The van der Waals surface area contributed by atoms with Gasteiger partial charge in [0.2, 0.25) is 0 Å². The van der Waals surface area contributed by atoms with E-state index < -0.39 is 0 Å². The predicted molar refractivity (Wildman–Crippen MR) is 112 cm³/mol. The van der Waals surface area contributed by atoms with Crippen LogP contribution in [0, 0.1) is 6.92 Å². The van der Waals surface area contributed by atoms with Crippen molar-refractivity contribution >= 4 is 18.3 Å². The van der Waals surface area contributed by atoms with Crippen molar-refractivity contribution in [3.63, 3.8) is 0 Å². The van der Waals surface area contributed by atoms with E-state index in [0.29, 0.717) is 0 Å². The van der Waals surface area contributed by atoms with E-state index in [1.165, 1.54) is 22.4 Å². The lowest BCUT2D eigenvalue weighted by Gasteiger charge is -2.32. The van der Waals surface area contributed by atoms with Crippen LogP contribution in [0.3, 0.4) is 0 Å². The SMILES string of the molecule is Cc1ccccc1C1=NC(c2ccc(B3OC(C)(C)C(C)(C)O3)cc2)CC1. The largest absolute Gasteiger partial charge is 0.494 e. The van der Waals surface area contributed by atoms with E-state index >= 15 is 0 Å². The summed E-state index contributed by atoms with van der Waals surface area (Å²) in [4.78, 5) is 5.02. The summed E-state index contributed by atoms with van der Waals surface area (Å²) in [5, 5.41) is 0. The fraction of sp³-hybridized carbons (Fsp3) is 0.435. The quantitative estimate of drug-likeness (QED) is 0.747. The highest BCUT2D eigenvalue weighted by molar-refractivity contribution is 6.62. The van der Waals surface area contributed by atoms with E-state index in [2.05, 4.69) is 83.1 Å². The second-order valence-corrected chi connectivity index (χ2v) is 8.70. The molecular formula is C23H28BNO2. The first kappa shape index (κ1) is 18.5. The first-order valence-corrected chi connectivity index (χ1v) is 9.85. The number of hydrogen-bond donors (Lipinski definition) is 0. The molecule has 1 saturated heterocycles. The Bertz CT molecular complexity index is 854. The summed E-state index contributed by atoms with van der Waals surface area (Å²) in [6, 6.07) is 17.4. The number of rotatable bonds is 3. The number of nitrogens with zero attached hydrogens (tertiary/aromatic N) is 1. The fourth-order valence-electron chi connectivity index (χ4n) is 3.79. The molecule has 4 heteroatoms. The standard InChI is InChI=1S/C23H28BNO2/c1-16-8-6-7-9-19(16)21-15-14-20(25-21)17-10-12-18(13-11-17)24-26-22(2,3)23(4,5)27-24/h6-13,20H,14-15H2,1-5H3. The molecule has 0 bridgehead atoms. The van der Waals surface area contributed by atoms with Crippen LogP contribution in [0.5, 0.6) is 0 Å². The third kappa shape index (κ3) is 3.37. The van der Waals surface area contributed by atoms with E-state index in [4.69, 9.17) is 14.3 Å². The fourth-order valence-corrected chi connectivity index (χ4v) is 3.79. The van der Waals surface area contributed by atoms with Gasteiger partial charge >= 0.3 is 7.12 Å². The number of benzene rings is 2. The van der Waals surface area contributed by atoms with Gasteiger partial charge in [0.1, 0.15) is 0 Å². The van der Waals surface area contributed by atoms with Crippen molar-refractivity contribution in [2.45, 2.75) is 64.7 Å². The highest BCUT2D eigenvalue weighted by atomic mass is 16.7. The molecule has 1 atom stereocenters. The summed E-state index contributed by atoms with van der Waals surface area (Å²) in [5.74, 6) is 0. The van der Waals surface area contributed by atoms with E-state index in [1.54, 1.807) is 0 Å². The molecular weight excluding hydrogens is 333 g/mol. The summed E-state index contributed by atoms with van der Waals surface area (Å²) in [5.41, 5.74) is 5.52. The van der Waals surface area contributed by atoms with E-state index in [1.807, 2.05) is 0 Å².